The van der Waals surface area contributed by atoms with E-state index in [-0.39, 0.29) is 24.8 Å². The Morgan fingerprint density at radius 1 is 1.18 bits per heavy atom. The lowest BCUT2D eigenvalue weighted by molar-refractivity contribution is -0.693. The number of rotatable bonds is 4. The first-order valence-corrected chi connectivity index (χ1v) is 9.58. The smallest absolute Gasteiger partial charge is 0.257 e. The molecule has 2 heterocycles. The molecule has 0 fully saturated rings. The first-order chi connectivity index (χ1) is 13.0. The van der Waals surface area contributed by atoms with Crippen molar-refractivity contribution in [3.05, 3.63) is 70.6 Å². The van der Waals surface area contributed by atoms with Crippen molar-refractivity contribution in [3.63, 3.8) is 0 Å². The van der Waals surface area contributed by atoms with Gasteiger partial charge in [0.1, 0.15) is 12.7 Å². The Kier molecular flexibility index (Phi) is 6.11. The average Bonchev–Trinajstić information content (AvgIpc) is 3.23. The van der Waals surface area contributed by atoms with E-state index in [0.29, 0.717) is 0 Å². The molecular formula is C22H23Cl2N3O. The standard InChI is InChI=1S/C22H22ClN3O.ClH/c1-15-5-6-16(2)19(12-15)24-21(27)14-25-13-20(26-11-3-4-22(25)26)17-7-9-18(23)10-8-17;/h5-10,12-13H,3-4,11,14H2,1-2H3;1H. The average molecular weight is 416 g/mol. The molecule has 0 saturated heterocycles. The second-order valence-corrected chi connectivity index (χ2v) is 7.55. The molecule has 1 aliphatic heterocycles. The van der Waals surface area contributed by atoms with Gasteiger partial charge in [0.2, 0.25) is 0 Å². The van der Waals surface area contributed by atoms with Crippen LogP contribution in [0.25, 0.3) is 11.3 Å². The van der Waals surface area contributed by atoms with E-state index in [2.05, 4.69) is 15.8 Å². The summed E-state index contributed by atoms with van der Waals surface area (Å²) in [6.45, 7) is 5.23. The molecule has 146 valence electrons. The van der Waals surface area contributed by atoms with Crippen LogP contribution in [0.15, 0.2) is 53.7 Å². The third-order valence-electron chi connectivity index (χ3n) is 5.05. The zero-order chi connectivity index (χ0) is 19.0. The van der Waals surface area contributed by atoms with Crippen LogP contribution in [-0.2, 0) is 19.5 Å². The van der Waals surface area contributed by atoms with Crippen LogP contribution < -0.4 is 9.67 Å². The maximum Gasteiger partial charge on any atom is 0.257 e. The summed E-state index contributed by atoms with van der Waals surface area (Å²) in [7, 11) is 0. The van der Waals surface area contributed by atoms with Crippen molar-refractivity contribution in [3.8, 4) is 11.3 Å². The number of imidazole rings is 1. The van der Waals surface area contributed by atoms with Crippen LogP contribution in [0.1, 0.15) is 23.4 Å². The largest absolute Gasteiger partial charge is 0.859 e. The minimum Gasteiger partial charge on any atom is -0.859 e. The molecule has 0 atom stereocenters. The Morgan fingerprint density at radius 2 is 1.93 bits per heavy atom. The zero-order valence-electron chi connectivity index (χ0n) is 16.0. The van der Waals surface area contributed by atoms with Crippen molar-refractivity contribution in [2.45, 2.75) is 39.8 Å². The molecule has 28 heavy (non-hydrogen) atoms. The van der Waals surface area contributed by atoms with E-state index < -0.39 is 0 Å². The number of fused-ring (bicyclic) bond motifs is 1. The van der Waals surface area contributed by atoms with Gasteiger partial charge in [-0.2, -0.15) is 0 Å². The van der Waals surface area contributed by atoms with Crippen LogP contribution in [0.5, 0.6) is 0 Å². The van der Waals surface area contributed by atoms with Gasteiger partial charge < -0.3 is 5.11 Å². The predicted molar refractivity (Wildman–Crippen MR) is 114 cm³/mol. The monoisotopic (exact) mass is 415 g/mol. The van der Waals surface area contributed by atoms with Gasteiger partial charge in [-0.05, 0) is 61.7 Å². The van der Waals surface area contributed by atoms with E-state index >= 15 is 0 Å². The normalized spacial score (nSPS) is 13.3. The van der Waals surface area contributed by atoms with Crippen molar-refractivity contribution in [2.24, 2.45) is 4.99 Å². The highest BCUT2D eigenvalue weighted by Gasteiger charge is 2.28. The molecule has 0 radical (unpaired) electrons. The lowest BCUT2D eigenvalue weighted by Gasteiger charge is -2.10. The van der Waals surface area contributed by atoms with Gasteiger partial charge in [-0.1, -0.05) is 23.7 Å². The third-order valence-corrected chi connectivity index (χ3v) is 5.30. The summed E-state index contributed by atoms with van der Waals surface area (Å²) in [5.41, 5.74) is 5.12. The number of hydrogen-bond acceptors (Lipinski definition) is 2. The highest BCUT2D eigenvalue weighted by molar-refractivity contribution is 6.30. The zero-order valence-corrected chi connectivity index (χ0v) is 17.6. The molecule has 2 aromatic carbocycles. The highest BCUT2D eigenvalue weighted by atomic mass is 35.5. The van der Waals surface area contributed by atoms with Crippen molar-refractivity contribution < 1.29 is 9.67 Å². The van der Waals surface area contributed by atoms with Crippen LogP contribution in [0.3, 0.4) is 0 Å². The summed E-state index contributed by atoms with van der Waals surface area (Å²) < 4.78 is 4.35. The van der Waals surface area contributed by atoms with Gasteiger partial charge in [0.15, 0.2) is 5.69 Å². The van der Waals surface area contributed by atoms with Gasteiger partial charge in [0.05, 0.1) is 18.7 Å². The van der Waals surface area contributed by atoms with Crippen LogP contribution in [0.4, 0.5) is 5.69 Å². The first kappa shape index (κ1) is 20.4. The number of halogens is 2. The molecule has 0 bridgehead atoms. The number of hydrogen-bond donors (Lipinski definition) is 0. The fraction of sp³-hybridized carbons (Fsp3) is 0.273. The fourth-order valence-electron chi connectivity index (χ4n) is 3.65. The quantitative estimate of drug-likeness (QED) is 0.358. The Morgan fingerprint density at radius 3 is 2.68 bits per heavy atom. The molecule has 6 heteroatoms. The third kappa shape index (κ3) is 4.08. The van der Waals surface area contributed by atoms with E-state index in [1.165, 1.54) is 5.82 Å². The van der Waals surface area contributed by atoms with Gasteiger partial charge in [0.25, 0.3) is 5.82 Å². The van der Waals surface area contributed by atoms with Crippen LogP contribution in [0.2, 0.25) is 5.02 Å². The maximum absolute atomic E-state index is 12.6. The molecule has 0 saturated carbocycles. The lowest BCUT2D eigenvalue weighted by atomic mass is 10.1. The second-order valence-electron chi connectivity index (χ2n) is 7.12. The van der Waals surface area contributed by atoms with Gasteiger partial charge in [-0.15, -0.1) is 12.4 Å². The molecule has 0 N–H and O–H groups in total. The summed E-state index contributed by atoms with van der Waals surface area (Å²) in [5.74, 6) is 1.06. The molecule has 1 aromatic heterocycles. The van der Waals surface area contributed by atoms with Crippen LogP contribution in [-0.4, -0.2) is 10.5 Å². The topological polar surface area (TPSA) is 44.2 Å². The van der Waals surface area contributed by atoms with Crippen LogP contribution in [0, 0.1) is 13.8 Å². The van der Waals surface area contributed by atoms with Crippen molar-refractivity contribution >= 4 is 35.6 Å². The van der Waals surface area contributed by atoms with E-state index in [4.69, 9.17) is 11.6 Å². The Labute approximate surface area is 176 Å². The van der Waals surface area contributed by atoms with Crippen molar-refractivity contribution in [2.75, 3.05) is 0 Å². The summed E-state index contributed by atoms with van der Waals surface area (Å²) in [4.78, 5) is 4.35. The number of benzene rings is 2. The van der Waals surface area contributed by atoms with Gasteiger partial charge in [0, 0.05) is 16.5 Å². The Balaban J connectivity index is 0.00000225. The Bertz CT molecular complexity index is 1020. The molecule has 0 unspecified atom stereocenters. The van der Waals surface area contributed by atoms with Gasteiger partial charge >= 0.3 is 0 Å². The summed E-state index contributed by atoms with van der Waals surface area (Å²) >= 11 is 6.02. The maximum atomic E-state index is 12.6. The fourth-order valence-corrected chi connectivity index (χ4v) is 3.78. The Hall–Kier alpha value is -2.30. The SMILES string of the molecule is Cc1ccc(C)c(N=C([O-])C[n+]2cc(-c3ccc(Cl)cc3)n3c2CCC3)c1.Cl. The minimum absolute atomic E-state index is 0. The van der Waals surface area contributed by atoms with Gasteiger partial charge in [-0.3, -0.25) is 4.99 Å². The number of aryl methyl sites for hydroxylation is 2. The number of aromatic nitrogens is 2. The number of aliphatic imine (C=N–C) groups is 1. The molecule has 4 rings (SSSR count). The first-order valence-electron chi connectivity index (χ1n) is 9.21. The molecule has 0 amide bonds. The van der Waals surface area contributed by atoms with Crippen molar-refractivity contribution in [1.29, 1.82) is 0 Å². The number of nitrogens with zero attached hydrogens (tertiary/aromatic N) is 3. The summed E-state index contributed by atoms with van der Waals surface area (Å²) in [6.07, 6.45) is 4.14. The van der Waals surface area contributed by atoms with Crippen LogP contribution >= 0.6 is 24.0 Å². The molecule has 1 aliphatic rings. The second kappa shape index (κ2) is 8.38. The lowest BCUT2D eigenvalue weighted by Crippen LogP contribution is -2.43. The molecule has 3 aromatic rings. The molecule has 0 aliphatic carbocycles. The van der Waals surface area contributed by atoms with Gasteiger partial charge in [-0.25, -0.2) is 9.13 Å². The van der Waals surface area contributed by atoms with E-state index in [9.17, 15) is 5.11 Å². The summed E-state index contributed by atoms with van der Waals surface area (Å²) in [5, 5.41) is 13.3. The van der Waals surface area contributed by atoms with E-state index in [1.54, 1.807) is 0 Å². The molecular weight excluding hydrogens is 393 g/mol. The van der Waals surface area contributed by atoms with E-state index in [0.717, 1.165) is 52.5 Å². The van der Waals surface area contributed by atoms with Crippen molar-refractivity contribution in [1.82, 2.24) is 4.57 Å². The minimum atomic E-state index is -0.128. The summed E-state index contributed by atoms with van der Waals surface area (Å²) in [6, 6.07) is 13.8. The van der Waals surface area contributed by atoms with E-state index in [1.807, 2.05) is 60.9 Å². The molecule has 4 nitrogen and oxygen atoms in total. The highest BCUT2D eigenvalue weighted by Crippen LogP contribution is 2.26. The predicted octanol–water partition coefficient (Wildman–Crippen LogP) is 4.17. The molecule has 0 spiro atoms.